The minimum Gasteiger partial charge on any atom is -0.805 e. The smallest absolute Gasteiger partial charge is 0.285 e. The Bertz CT molecular complexity index is 696. The largest absolute Gasteiger partial charge is 0.805 e. The lowest BCUT2D eigenvalue weighted by atomic mass is 10.1. The van der Waals surface area contributed by atoms with Crippen LogP contribution < -0.4 is 4.43 Å². The van der Waals surface area contributed by atoms with E-state index in [-0.39, 0.29) is 16.7 Å². The van der Waals surface area contributed by atoms with Gasteiger partial charge in [0.2, 0.25) is 6.04 Å². The molecule has 0 spiro atoms. The highest BCUT2D eigenvalue weighted by Crippen LogP contribution is 2.20. The van der Waals surface area contributed by atoms with Gasteiger partial charge in [0.15, 0.2) is 6.10 Å². The second kappa shape index (κ2) is 4.65. The van der Waals surface area contributed by atoms with Crippen LogP contribution in [-0.2, 0) is 0 Å². The zero-order valence-corrected chi connectivity index (χ0v) is 9.96. The summed E-state index contributed by atoms with van der Waals surface area (Å²) < 4.78 is 0.753. The third-order valence-electron chi connectivity index (χ3n) is 2.91. The van der Waals surface area contributed by atoms with E-state index < -0.39 is 17.1 Å². The van der Waals surface area contributed by atoms with Gasteiger partial charge in [-0.1, -0.05) is 12.1 Å². The molecular formula is C11H11N3O5. The van der Waals surface area contributed by atoms with Gasteiger partial charge in [-0.05, 0) is 6.07 Å². The molecule has 8 heteroatoms. The number of benzene rings is 1. The molecule has 0 fully saturated rings. The lowest BCUT2D eigenvalue weighted by Crippen LogP contribution is -2.29. The standard InChI is InChI=1S/C11H11N3O5/c1-7(14(18)19)11(15)10-6-12(16)8-4-2-3-5-9(8)13(10)17/h2-7,11,15H,1H3. The van der Waals surface area contributed by atoms with Crippen LogP contribution >= 0.6 is 0 Å². The van der Waals surface area contributed by atoms with Crippen molar-refractivity contribution in [1.82, 2.24) is 4.73 Å². The Morgan fingerprint density at radius 3 is 2.68 bits per heavy atom. The van der Waals surface area contributed by atoms with Gasteiger partial charge in [0.25, 0.3) is 11.7 Å². The summed E-state index contributed by atoms with van der Waals surface area (Å²) in [5, 5.41) is 32.5. The molecule has 1 aromatic carbocycles. The van der Waals surface area contributed by atoms with Crippen LogP contribution in [-0.4, -0.2) is 20.8 Å². The van der Waals surface area contributed by atoms with Gasteiger partial charge in [0.1, 0.15) is 11.2 Å². The Labute approximate surface area is 106 Å². The van der Waals surface area contributed by atoms with Crippen molar-refractivity contribution < 1.29 is 14.5 Å². The SMILES string of the molecule is CC(C(O)c1c[n+](=O)c2ccccc2n1[O-])[N+](=O)[O-]. The molecule has 1 heterocycles. The minimum absolute atomic E-state index is 0.0459. The van der Waals surface area contributed by atoms with Crippen molar-refractivity contribution in [2.45, 2.75) is 19.1 Å². The van der Waals surface area contributed by atoms with Crippen LogP contribution in [0.25, 0.3) is 11.0 Å². The van der Waals surface area contributed by atoms with E-state index >= 15 is 0 Å². The molecule has 1 aromatic heterocycles. The summed E-state index contributed by atoms with van der Waals surface area (Å²) >= 11 is 0. The molecule has 2 aromatic rings. The van der Waals surface area contributed by atoms with Crippen LogP contribution in [0.3, 0.4) is 0 Å². The number of nitrogens with zero attached hydrogens (tertiary/aromatic N) is 3. The summed E-state index contributed by atoms with van der Waals surface area (Å²) in [5.41, 5.74) is -0.176. The maximum absolute atomic E-state index is 12.0. The monoisotopic (exact) mass is 265 g/mol. The van der Waals surface area contributed by atoms with E-state index in [1.807, 2.05) is 0 Å². The Balaban J connectivity index is 2.66. The third-order valence-corrected chi connectivity index (χ3v) is 2.91. The molecule has 0 aliphatic heterocycles. The van der Waals surface area contributed by atoms with Gasteiger partial charge in [-0.3, -0.25) is 10.1 Å². The number of aliphatic hydroxyl groups excluding tert-OH is 1. The van der Waals surface area contributed by atoms with Crippen molar-refractivity contribution in [1.29, 1.82) is 0 Å². The Hall–Kier alpha value is -2.48. The highest BCUT2D eigenvalue weighted by Gasteiger charge is 2.30. The molecule has 2 atom stereocenters. The van der Waals surface area contributed by atoms with Crippen LogP contribution in [0, 0.1) is 20.2 Å². The quantitative estimate of drug-likeness (QED) is 0.495. The molecule has 8 nitrogen and oxygen atoms in total. The highest BCUT2D eigenvalue weighted by molar-refractivity contribution is 5.71. The number of rotatable bonds is 3. The zero-order valence-electron chi connectivity index (χ0n) is 9.96. The molecule has 2 rings (SSSR count). The predicted molar refractivity (Wildman–Crippen MR) is 65.5 cm³/mol. The molecule has 0 aliphatic carbocycles. The van der Waals surface area contributed by atoms with Gasteiger partial charge >= 0.3 is 0 Å². The fourth-order valence-electron chi connectivity index (χ4n) is 1.76. The Morgan fingerprint density at radius 2 is 2.05 bits per heavy atom. The average Bonchev–Trinajstić information content (AvgIpc) is 2.41. The first-order valence-electron chi connectivity index (χ1n) is 5.49. The minimum atomic E-state index is -1.66. The van der Waals surface area contributed by atoms with Gasteiger partial charge < -0.3 is 15.0 Å². The van der Waals surface area contributed by atoms with E-state index in [0.717, 1.165) is 13.1 Å². The Morgan fingerprint density at radius 1 is 1.42 bits per heavy atom. The van der Waals surface area contributed by atoms with Crippen molar-refractivity contribution in [2.75, 3.05) is 0 Å². The molecule has 0 amide bonds. The second-order valence-electron chi connectivity index (χ2n) is 4.13. The first-order valence-corrected chi connectivity index (χ1v) is 5.49. The number of nitro groups is 1. The van der Waals surface area contributed by atoms with Crippen molar-refractivity contribution in [3.8, 4) is 0 Å². The molecule has 0 aliphatic rings. The van der Waals surface area contributed by atoms with E-state index in [4.69, 9.17) is 0 Å². The lowest BCUT2D eigenvalue weighted by Gasteiger charge is -2.20. The summed E-state index contributed by atoms with van der Waals surface area (Å²) in [6.45, 7) is 1.16. The van der Waals surface area contributed by atoms with Gasteiger partial charge in [-0.15, -0.1) is 0 Å². The fourth-order valence-corrected chi connectivity index (χ4v) is 1.76. The van der Waals surface area contributed by atoms with Gasteiger partial charge in [-0.2, -0.15) is 0 Å². The molecule has 0 saturated heterocycles. The van der Waals surface area contributed by atoms with Gasteiger partial charge in [-0.25, -0.2) is 0 Å². The van der Waals surface area contributed by atoms with E-state index in [1.54, 1.807) is 12.1 Å². The molecule has 0 saturated carbocycles. The van der Waals surface area contributed by atoms with Crippen molar-refractivity contribution in [3.05, 3.63) is 56.4 Å². The second-order valence-corrected chi connectivity index (χ2v) is 4.13. The van der Waals surface area contributed by atoms with E-state index in [2.05, 4.69) is 0 Å². The number of hydrogen-bond donors (Lipinski definition) is 1. The van der Waals surface area contributed by atoms with Crippen LogP contribution in [0.4, 0.5) is 0 Å². The Kier molecular flexibility index (Phi) is 3.17. The average molecular weight is 265 g/mol. The number of fused-ring (bicyclic) bond motifs is 1. The van der Waals surface area contributed by atoms with Gasteiger partial charge in [0, 0.05) is 22.8 Å². The van der Waals surface area contributed by atoms with Crippen LogP contribution in [0.1, 0.15) is 18.7 Å². The fraction of sp³-hybridized carbons (Fsp3) is 0.273. The first kappa shape index (κ1) is 13.0. The first-order chi connectivity index (χ1) is 8.93. The molecule has 19 heavy (non-hydrogen) atoms. The molecule has 100 valence electrons. The zero-order chi connectivity index (χ0) is 14.2. The van der Waals surface area contributed by atoms with Crippen molar-refractivity contribution >= 4 is 11.0 Å². The van der Waals surface area contributed by atoms with Crippen LogP contribution in [0.15, 0.2) is 30.5 Å². The van der Waals surface area contributed by atoms with Crippen LogP contribution in [0.5, 0.6) is 0 Å². The predicted octanol–water partition coefficient (Wildman–Crippen LogP) is 0.600. The molecule has 1 N–H and O–H groups in total. The summed E-state index contributed by atoms with van der Waals surface area (Å²) in [5.74, 6) is 0. The maximum Gasteiger partial charge on any atom is 0.285 e. The number of aromatic nitrogens is 2. The maximum atomic E-state index is 12.0. The number of hydrogen-bond acceptors (Lipinski definition) is 5. The van der Waals surface area contributed by atoms with E-state index in [9.17, 15) is 25.3 Å². The molecule has 0 bridgehead atoms. The molecule has 2 unspecified atom stereocenters. The summed E-state index contributed by atoms with van der Waals surface area (Å²) in [6.07, 6.45) is -0.794. The third kappa shape index (κ3) is 2.13. The summed E-state index contributed by atoms with van der Waals surface area (Å²) in [4.78, 5) is 21.6. The molecule has 0 radical (unpaired) electrons. The van der Waals surface area contributed by atoms with E-state index in [1.165, 1.54) is 12.1 Å². The summed E-state index contributed by atoms with van der Waals surface area (Å²) in [7, 11) is 0. The van der Waals surface area contributed by atoms with Crippen molar-refractivity contribution in [2.24, 2.45) is 0 Å². The van der Waals surface area contributed by atoms with Crippen LogP contribution in [0.2, 0.25) is 0 Å². The lowest BCUT2D eigenvalue weighted by molar-refractivity contribution is -0.532. The van der Waals surface area contributed by atoms with Gasteiger partial charge in [0.05, 0.1) is 4.43 Å². The highest BCUT2D eigenvalue weighted by atomic mass is 16.6. The normalized spacial score (nSPS) is 14.2. The van der Waals surface area contributed by atoms with Crippen molar-refractivity contribution in [3.63, 3.8) is 0 Å². The molecular weight excluding hydrogens is 254 g/mol. The number of aliphatic hydroxyl groups is 1. The van der Waals surface area contributed by atoms with E-state index in [0.29, 0.717) is 9.16 Å². The topological polar surface area (TPSA) is 114 Å². The number of para-hydroxylation sites is 2. The summed E-state index contributed by atoms with van der Waals surface area (Å²) in [6, 6.07) is 4.62.